The highest BCUT2D eigenvalue weighted by atomic mass is 16.5. The second-order valence-electron chi connectivity index (χ2n) is 7.32. The van der Waals surface area contributed by atoms with Gasteiger partial charge < -0.3 is 14.1 Å². The number of rotatable bonds is 4. The zero-order valence-electron chi connectivity index (χ0n) is 16.6. The summed E-state index contributed by atoms with van der Waals surface area (Å²) in [6, 6.07) is 15.1. The SMILES string of the molecule is COc1ccc(-c2ccc3nnc(C4CCN(C(=O)c5ccco5)CC4)n3n2)cc1. The molecule has 5 rings (SSSR count). The van der Waals surface area contributed by atoms with Crippen LogP contribution in [0.5, 0.6) is 5.75 Å². The van der Waals surface area contributed by atoms with Crippen molar-refractivity contribution in [1.82, 2.24) is 24.7 Å². The van der Waals surface area contributed by atoms with Crippen molar-refractivity contribution in [2.24, 2.45) is 0 Å². The second-order valence-corrected chi connectivity index (χ2v) is 7.32. The number of fused-ring (bicyclic) bond motifs is 1. The first-order valence-corrected chi connectivity index (χ1v) is 9.92. The molecule has 0 radical (unpaired) electrons. The monoisotopic (exact) mass is 403 g/mol. The highest BCUT2D eigenvalue weighted by molar-refractivity contribution is 5.91. The lowest BCUT2D eigenvalue weighted by atomic mass is 9.96. The summed E-state index contributed by atoms with van der Waals surface area (Å²) in [4.78, 5) is 14.3. The fourth-order valence-corrected chi connectivity index (χ4v) is 3.87. The Balaban J connectivity index is 1.36. The van der Waals surface area contributed by atoms with Crippen molar-refractivity contribution >= 4 is 11.6 Å². The molecule has 1 amide bonds. The molecule has 8 heteroatoms. The molecule has 1 aliphatic rings. The lowest BCUT2D eigenvalue weighted by Gasteiger charge is -2.30. The number of aromatic nitrogens is 4. The fourth-order valence-electron chi connectivity index (χ4n) is 3.87. The number of hydrogen-bond donors (Lipinski definition) is 0. The van der Waals surface area contributed by atoms with Crippen LogP contribution in [0.1, 0.15) is 35.1 Å². The molecule has 1 saturated heterocycles. The minimum absolute atomic E-state index is 0.0653. The van der Waals surface area contributed by atoms with E-state index in [0.29, 0.717) is 18.8 Å². The molecule has 4 heterocycles. The minimum Gasteiger partial charge on any atom is -0.497 e. The van der Waals surface area contributed by atoms with E-state index in [1.165, 1.54) is 6.26 Å². The van der Waals surface area contributed by atoms with Crippen LogP contribution in [0.15, 0.2) is 59.2 Å². The van der Waals surface area contributed by atoms with Gasteiger partial charge in [-0.2, -0.15) is 9.61 Å². The van der Waals surface area contributed by atoms with E-state index in [1.807, 2.05) is 45.8 Å². The molecule has 8 nitrogen and oxygen atoms in total. The third kappa shape index (κ3) is 3.30. The average Bonchev–Trinajstić information content (AvgIpc) is 3.49. The van der Waals surface area contributed by atoms with Gasteiger partial charge in [0.25, 0.3) is 5.91 Å². The summed E-state index contributed by atoms with van der Waals surface area (Å²) in [5.74, 6) is 2.15. The van der Waals surface area contributed by atoms with Crippen molar-refractivity contribution in [3.63, 3.8) is 0 Å². The van der Waals surface area contributed by atoms with Crippen LogP contribution >= 0.6 is 0 Å². The van der Waals surface area contributed by atoms with Gasteiger partial charge in [0, 0.05) is 24.6 Å². The van der Waals surface area contributed by atoms with Crippen LogP contribution in [0.2, 0.25) is 0 Å². The maximum Gasteiger partial charge on any atom is 0.289 e. The maximum absolute atomic E-state index is 12.5. The Kier molecular flexibility index (Phi) is 4.66. The first kappa shape index (κ1) is 18.4. The van der Waals surface area contributed by atoms with E-state index in [1.54, 1.807) is 19.2 Å². The van der Waals surface area contributed by atoms with Crippen molar-refractivity contribution in [3.8, 4) is 17.0 Å². The van der Waals surface area contributed by atoms with Crippen LogP contribution in [0.3, 0.4) is 0 Å². The molecule has 0 aliphatic carbocycles. The molecule has 152 valence electrons. The van der Waals surface area contributed by atoms with Gasteiger partial charge in [0.1, 0.15) is 5.75 Å². The van der Waals surface area contributed by atoms with Crippen LogP contribution in [0.4, 0.5) is 0 Å². The van der Waals surface area contributed by atoms with E-state index in [9.17, 15) is 4.79 Å². The summed E-state index contributed by atoms with van der Waals surface area (Å²) in [5.41, 5.74) is 2.56. The summed E-state index contributed by atoms with van der Waals surface area (Å²) in [6.07, 6.45) is 3.14. The molecule has 4 aromatic rings. The van der Waals surface area contributed by atoms with Gasteiger partial charge >= 0.3 is 0 Å². The molecule has 30 heavy (non-hydrogen) atoms. The smallest absolute Gasteiger partial charge is 0.289 e. The Morgan fingerprint density at radius 2 is 1.87 bits per heavy atom. The van der Waals surface area contributed by atoms with Crippen LogP contribution in [0.25, 0.3) is 16.9 Å². The molecule has 0 atom stereocenters. The number of piperidine rings is 1. The van der Waals surface area contributed by atoms with Crippen molar-refractivity contribution in [2.75, 3.05) is 20.2 Å². The highest BCUT2D eigenvalue weighted by Crippen LogP contribution is 2.28. The molecule has 0 bridgehead atoms. The predicted octanol–water partition coefficient (Wildman–Crippen LogP) is 3.41. The topological polar surface area (TPSA) is 85.8 Å². The molecule has 1 aliphatic heterocycles. The molecule has 0 unspecified atom stereocenters. The largest absolute Gasteiger partial charge is 0.497 e. The van der Waals surface area contributed by atoms with Gasteiger partial charge in [0.2, 0.25) is 0 Å². The van der Waals surface area contributed by atoms with E-state index in [2.05, 4.69) is 10.2 Å². The van der Waals surface area contributed by atoms with E-state index < -0.39 is 0 Å². The number of furan rings is 1. The standard InChI is InChI=1S/C22H21N5O3/c1-29-17-6-4-15(5-7-17)18-8-9-20-23-24-21(27(20)25-18)16-10-12-26(13-11-16)22(28)19-3-2-14-30-19/h2-9,14,16H,10-13H2,1H3. The molecular formula is C22H21N5O3. The van der Waals surface area contributed by atoms with E-state index in [-0.39, 0.29) is 11.8 Å². The third-order valence-corrected chi connectivity index (χ3v) is 5.55. The number of benzene rings is 1. The van der Waals surface area contributed by atoms with Crippen molar-refractivity contribution in [1.29, 1.82) is 0 Å². The van der Waals surface area contributed by atoms with Gasteiger partial charge in [-0.1, -0.05) is 0 Å². The normalized spacial score (nSPS) is 14.9. The quantitative estimate of drug-likeness (QED) is 0.519. The van der Waals surface area contributed by atoms with E-state index >= 15 is 0 Å². The molecule has 0 saturated carbocycles. The summed E-state index contributed by atoms with van der Waals surface area (Å²) in [6.45, 7) is 1.30. The van der Waals surface area contributed by atoms with Gasteiger partial charge in [-0.15, -0.1) is 10.2 Å². The van der Waals surface area contributed by atoms with Crippen molar-refractivity contribution in [2.45, 2.75) is 18.8 Å². The number of methoxy groups -OCH3 is 1. The van der Waals surface area contributed by atoms with Crippen LogP contribution in [-0.2, 0) is 0 Å². The Bertz CT molecular complexity index is 1160. The first-order valence-electron chi connectivity index (χ1n) is 9.92. The molecule has 1 aromatic carbocycles. The molecule has 3 aromatic heterocycles. The van der Waals surface area contributed by atoms with Gasteiger partial charge in [-0.3, -0.25) is 4.79 Å². The van der Waals surface area contributed by atoms with Gasteiger partial charge in [0.05, 0.1) is 19.1 Å². The summed E-state index contributed by atoms with van der Waals surface area (Å²) in [7, 11) is 1.65. The number of hydrogen-bond acceptors (Lipinski definition) is 6. The number of likely N-dealkylation sites (tertiary alicyclic amines) is 1. The fraction of sp³-hybridized carbons (Fsp3) is 0.273. The molecule has 0 spiro atoms. The Morgan fingerprint density at radius 1 is 1.07 bits per heavy atom. The molecule has 0 N–H and O–H groups in total. The average molecular weight is 403 g/mol. The third-order valence-electron chi connectivity index (χ3n) is 5.55. The number of carbonyl (C=O) groups is 1. The second kappa shape index (κ2) is 7.62. The Labute approximate surface area is 173 Å². The van der Waals surface area contributed by atoms with Gasteiger partial charge in [-0.05, 0) is 61.4 Å². The van der Waals surface area contributed by atoms with Crippen LogP contribution in [0, 0.1) is 0 Å². The first-order chi connectivity index (χ1) is 14.7. The van der Waals surface area contributed by atoms with Crippen LogP contribution in [-0.4, -0.2) is 50.8 Å². The summed E-state index contributed by atoms with van der Waals surface area (Å²) < 4.78 is 12.3. The van der Waals surface area contributed by atoms with Crippen molar-refractivity contribution in [3.05, 3.63) is 66.4 Å². The highest BCUT2D eigenvalue weighted by Gasteiger charge is 2.28. The van der Waals surface area contributed by atoms with Crippen molar-refractivity contribution < 1.29 is 13.9 Å². The lowest BCUT2D eigenvalue weighted by molar-refractivity contribution is 0.0678. The zero-order chi connectivity index (χ0) is 20.5. The number of carbonyl (C=O) groups excluding carboxylic acids is 1. The van der Waals surface area contributed by atoms with E-state index in [0.717, 1.165) is 41.3 Å². The van der Waals surface area contributed by atoms with E-state index in [4.69, 9.17) is 14.3 Å². The number of ether oxygens (including phenoxy) is 1. The number of nitrogens with zero attached hydrogens (tertiary/aromatic N) is 5. The molecule has 1 fully saturated rings. The van der Waals surface area contributed by atoms with Gasteiger partial charge in [0.15, 0.2) is 17.2 Å². The Morgan fingerprint density at radius 3 is 2.57 bits per heavy atom. The number of amides is 1. The van der Waals surface area contributed by atoms with Gasteiger partial charge in [-0.25, -0.2) is 0 Å². The minimum atomic E-state index is -0.0653. The zero-order valence-corrected chi connectivity index (χ0v) is 16.6. The predicted molar refractivity (Wildman–Crippen MR) is 109 cm³/mol. The van der Waals surface area contributed by atoms with Crippen LogP contribution < -0.4 is 4.74 Å². The maximum atomic E-state index is 12.5. The Hall–Kier alpha value is -3.68. The lowest BCUT2D eigenvalue weighted by Crippen LogP contribution is -2.38. The summed E-state index contributed by atoms with van der Waals surface area (Å²) in [5, 5.41) is 13.5. The molecular weight excluding hydrogens is 382 g/mol. The summed E-state index contributed by atoms with van der Waals surface area (Å²) >= 11 is 0.